The predicted molar refractivity (Wildman–Crippen MR) is 57.0 cm³/mol. The Bertz CT molecular complexity index is 495. The summed E-state index contributed by atoms with van der Waals surface area (Å²) in [7, 11) is 1.29. The maximum Gasteiger partial charge on any atom is 0.360 e. The van der Waals surface area contributed by atoms with Crippen LogP contribution in [0.1, 0.15) is 10.5 Å². The second-order valence-electron chi connectivity index (χ2n) is 2.78. The van der Waals surface area contributed by atoms with E-state index >= 15 is 0 Å². The van der Waals surface area contributed by atoms with Crippen molar-refractivity contribution in [2.75, 3.05) is 12.8 Å². The van der Waals surface area contributed by atoms with Gasteiger partial charge in [-0.1, -0.05) is 5.16 Å². The maximum absolute atomic E-state index is 11.2. The van der Waals surface area contributed by atoms with Crippen molar-refractivity contribution in [1.29, 1.82) is 0 Å². The zero-order valence-corrected chi connectivity index (χ0v) is 8.71. The van der Waals surface area contributed by atoms with E-state index < -0.39 is 5.97 Å². The highest BCUT2D eigenvalue weighted by Crippen LogP contribution is 2.21. The third-order valence-corrected chi connectivity index (χ3v) is 1.87. The highest BCUT2D eigenvalue weighted by atomic mass is 35.5. The summed E-state index contributed by atoms with van der Waals surface area (Å²) < 4.78 is 9.46. The largest absolute Gasteiger partial charge is 0.464 e. The minimum absolute atomic E-state index is 0. The SMILES string of the molecule is COC(=O)c1noc2cc(N)ccc12.Cl. The molecule has 2 aromatic rings. The fourth-order valence-corrected chi connectivity index (χ4v) is 1.20. The van der Waals surface area contributed by atoms with Crippen molar-refractivity contribution < 1.29 is 14.1 Å². The molecule has 0 atom stereocenters. The molecule has 0 radical (unpaired) electrons. The Hall–Kier alpha value is -1.75. The van der Waals surface area contributed by atoms with Crippen LogP contribution in [-0.4, -0.2) is 18.2 Å². The molecule has 0 saturated heterocycles. The fourth-order valence-electron chi connectivity index (χ4n) is 1.20. The van der Waals surface area contributed by atoms with Crippen LogP contribution in [0.15, 0.2) is 22.7 Å². The molecule has 0 aliphatic heterocycles. The second-order valence-corrected chi connectivity index (χ2v) is 2.78. The average molecular weight is 229 g/mol. The standard InChI is InChI=1S/C9H8N2O3.ClH/c1-13-9(12)8-6-3-2-5(10)4-7(6)14-11-8;/h2-4H,10H2,1H3;1H. The molecule has 2 rings (SSSR count). The summed E-state index contributed by atoms with van der Waals surface area (Å²) in [6.07, 6.45) is 0. The van der Waals surface area contributed by atoms with E-state index in [9.17, 15) is 4.79 Å². The monoisotopic (exact) mass is 228 g/mol. The van der Waals surface area contributed by atoms with Gasteiger partial charge >= 0.3 is 5.97 Å². The Labute approximate surface area is 91.6 Å². The van der Waals surface area contributed by atoms with Gasteiger partial charge in [0.25, 0.3) is 0 Å². The Morgan fingerprint density at radius 3 is 2.93 bits per heavy atom. The third-order valence-electron chi connectivity index (χ3n) is 1.87. The smallest absolute Gasteiger partial charge is 0.360 e. The summed E-state index contributed by atoms with van der Waals surface area (Å²) in [5.41, 5.74) is 6.74. The zero-order chi connectivity index (χ0) is 10.1. The van der Waals surface area contributed by atoms with Crippen LogP contribution in [0.3, 0.4) is 0 Å². The van der Waals surface area contributed by atoms with Gasteiger partial charge in [-0.3, -0.25) is 0 Å². The number of rotatable bonds is 1. The van der Waals surface area contributed by atoms with Crippen molar-refractivity contribution >= 4 is 35.0 Å². The number of aromatic nitrogens is 1. The first-order valence-electron chi connectivity index (χ1n) is 3.95. The number of carbonyl (C=O) groups is 1. The quantitative estimate of drug-likeness (QED) is 0.593. The summed E-state index contributed by atoms with van der Waals surface area (Å²) in [5, 5.41) is 4.20. The number of methoxy groups -OCH3 is 1. The number of anilines is 1. The number of nitrogens with two attached hydrogens (primary N) is 1. The first-order valence-corrected chi connectivity index (χ1v) is 3.95. The number of ether oxygens (including phenoxy) is 1. The van der Waals surface area contributed by atoms with Gasteiger partial charge in [0.2, 0.25) is 0 Å². The van der Waals surface area contributed by atoms with Crippen LogP contribution in [0.2, 0.25) is 0 Å². The van der Waals surface area contributed by atoms with E-state index in [0.29, 0.717) is 16.7 Å². The number of fused-ring (bicyclic) bond motifs is 1. The molecule has 1 heterocycles. The molecule has 15 heavy (non-hydrogen) atoms. The van der Waals surface area contributed by atoms with Crippen LogP contribution in [0.4, 0.5) is 5.69 Å². The summed E-state index contributed by atoms with van der Waals surface area (Å²) in [4.78, 5) is 11.2. The van der Waals surface area contributed by atoms with Crippen LogP contribution >= 0.6 is 12.4 Å². The number of nitrogens with zero attached hydrogens (tertiary/aromatic N) is 1. The highest BCUT2D eigenvalue weighted by molar-refractivity contribution is 6.01. The van der Waals surface area contributed by atoms with Crippen LogP contribution in [-0.2, 0) is 4.74 Å². The van der Waals surface area contributed by atoms with E-state index in [2.05, 4.69) is 9.89 Å². The number of hydrogen-bond acceptors (Lipinski definition) is 5. The minimum atomic E-state index is -0.520. The predicted octanol–water partition coefficient (Wildman–Crippen LogP) is 1.62. The topological polar surface area (TPSA) is 78.3 Å². The lowest BCUT2D eigenvalue weighted by Crippen LogP contribution is -2.01. The summed E-state index contributed by atoms with van der Waals surface area (Å²) >= 11 is 0. The first kappa shape index (κ1) is 11.3. The van der Waals surface area contributed by atoms with Gasteiger partial charge in [-0.15, -0.1) is 12.4 Å². The summed E-state index contributed by atoms with van der Waals surface area (Å²) in [6.45, 7) is 0. The molecule has 0 amide bonds. The van der Waals surface area contributed by atoms with E-state index in [1.807, 2.05) is 0 Å². The lowest BCUT2D eigenvalue weighted by molar-refractivity contribution is 0.0591. The van der Waals surface area contributed by atoms with Gasteiger partial charge < -0.3 is 15.0 Å². The van der Waals surface area contributed by atoms with E-state index in [-0.39, 0.29) is 18.1 Å². The van der Waals surface area contributed by atoms with Gasteiger partial charge in [0.05, 0.1) is 12.5 Å². The molecule has 1 aromatic heterocycles. The number of benzene rings is 1. The molecule has 0 saturated carbocycles. The minimum Gasteiger partial charge on any atom is -0.464 e. The van der Waals surface area contributed by atoms with E-state index in [1.54, 1.807) is 18.2 Å². The molecular formula is C9H9ClN2O3. The number of esters is 1. The Balaban J connectivity index is 0.00000112. The summed E-state index contributed by atoms with van der Waals surface area (Å²) in [5.74, 6) is -0.520. The van der Waals surface area contributed by atoms with Crippen molar-refractivity contribution in [2.45, 2.75) is 0 Å². The molecule has 0 unspecified atom stereocenters. The van der Waals surface area contributed by atoms with Crippen LogP contribution < -0.4 is 5.73 Å². The first-order chi connectivity index (χ1) is 6.72. The molecule has 6 heteroatoms. The van der Waals surface area contributed by atoms with E-state index in [0.717, 1.165) is 0 Å². The molecule has 0 fully saturated rings. The van der Waals surface area contributed by atoms with Crippen LogP contribution in [0.5, 0.6) is 0 Å². The molecule has 1 aromatic carbocycles. The van der Waals surface area contributed by atoms with E-state index in [1.165, 1.54) is 7.11 Å². The van der Waals surface area contributed by atoms with Crippen molar-refractivity contribution in [3.63, 3.8) is 0 Å². The molecule has 0 aliphatic rings. The van der Waals surface area contributed by atoms with Gasteiger partial charge in [-0.2, -0.15) is 0 Å². The lowest BCUT2D eigenvalue weighted by atomic mass is 10.2. The normalized spacial score (nSPS) is 9.67. The number of carbonyl (C=O) groups excluding carboxylic acids is 1. The van der Waals surface area contributed by atoms with Crippen molar-refractivity contribution in [3.8, 4) is 0 Å². The van der Waals surface area contributed by atoms with Crippen LogP contribution in [0.25, 0.3) is 11.0 Å². The molecule has 0 aliphatic carbocycles. The van der Waals surface area contributed by atoms with Crippen molar-refractivity contribution in [1.82, 2.24) is 5.16 Å². The third kappa shape index (κ3) is 1.87. The Kier molecular flexibility index (Phi) is 3.16. The second kappa shape index (κ2) is 4.18. The number of nitrogen functional groups attached to an aromatic ring is 1. The van der Waals surface area contributed by atoms with Gasteiger partial charge in [0, 0.05) is 11.8 Å². The van der Waals surface area contributed by atoms with Gasteiger partial charge in [-0.05, 0) is 12.1 Å². The van der Waals surface area contributed by atoms with E-state index in [4.69, 9.17) is 10.3 Å². The van der Waals surface area contributed by atoms with Crippen molar-refractivity contribution in [3.05, 3.63) is 23.9 Å². The van der Waals surface area contributed by atoms with Gasteiger partial charge in [0.1, 0.15) is 0 Å². The number of hydrogen-bond donors (Lipinski definition) is 1. The molecular weight excluding hydrogens is 220 g/mol. The average Bonchev–Trinajstić information content (AvgIpc) is 2.59. The molecule has 0 bridgehead atoms. The number of halogens is 1. The molecule has 80 valence electrons. The summed E-state index contributed by atoms with van der Waals surface area (Å²) in [6, 6.07) is 4.95. The Morgan fingerprint density at radius 2 is 2.27 bits per heavy atom. The zero-order valence-electron chi connectivity index (χ0n) is 7.89. The highest BCUT2D eigenvalue weighted by Gasteiger charge is 2.15. The fraction of sp³-hybridized carbons (Fsp3) is 0.111. The van der Waals surface area contributed by atoms with Gasteiger partial charge in [-0.25, -0.2) is 4.79 Å². The molecule has 0 spiro atoms. The van der Waals surface area contributed by atoms with Crippen molar-refractivity contribution in [2.24, 2.45) is 0 Å². The Morgan fingerprint density at radius 1 is 1.53 bits per heavy atom. The van der Waals surface area contributed by atoms with Crippen LogP contribution in [0, 0.1) is 0 Å². The molecule has 5 nitrogen and oxygen atoms in total. The maximum atomic E-state index is 11.2. The lowest BCUT2D eigenvalue weighted by Gasteiger charge is -1.93. The molecule has 2 N–H and O–H groups in total. The van der Waals surface area contributed by atoms with Gasteiger partial charge in [0.15, 0.2) is 11.3 Å².